The molecule has 0 fully saturated rings. The van der Waals surface area contributed by atoms with Crippen molar-refractivity contribution < 1.29 is 28.2 Å². The van der Waals surface area contributed by atoms with Crippen LogP contribution >= 0.6 is 0 Å². The van der Waals surface area contributed by atoms with E-state index < -0.39 is 33.2 Å². The molecule has 0 aliphatic carbocycles. The molecule has 0 aliphatic rings. The second kappa shape index (κ2) is 5.67. The number of phenols is 1. The smallest absolute Gasteiger partial charge is 0.339 e. The van der Waals surface area contributed by atoms with E-state index in [0.29, 0.717) is 0 Å². The van der Waals surface area contributed by atoms with E-state index in [4.69, 9.17) is 10.8 Å². The Hall–Kier alpha value is -2.13. The summed E-state index contributed by atoms with van der Waals surface area (Å²) < 4.78 is 25.6. The molecule has 0 unspecified atom stereocenters. The number of primary amides is 1. The molecule has 1 aromatic rings. The summed E-state index contributed by atoms with van der Waals surface area (Å²) in [6.45, 7) is -0.194. The van der Waals surface area contributed by atoms with Crippen LogP contribution in [-0.4, -0.2) is 37.1 Å². The Morgan fingerprint density at radius 3 is 2.47 bits per heavy atom. The largest absolute Gasteiger partial charge is 0.507 e. The van der Waals surface area contributed by atoms with Crippen LogP contribution in [0.4, 0.5) is 0 Å². The normalized spacial score (nSPS) is 11.2. The molecule has 0 saturated carbocycles. The first-order valence-electron chi connectivity index (χ1n) is 5.08. The molecule has 1 aromatic carbocycles. The third kappa shape index (κ3) is 3.93. The van der Waals surface area contributed by atoms with E-state index in [0.717, 1.165) is 18.2 Å². The standard InChI is InChI=1S/C10H12N2O6S/c11-9(14)3-4-12-19(17,18)6-1-2-8(13)7(5-6)10(15)16/h1-2,5,12-13H,3-4H2,(H2,11,14)(H,15,16). The number of aromatic hydroxyl groups is 1. The number of carbonyl (C=O) groups excluding carboxylic acids is 1. The third-order valence-corrected chi connectivity index (χ3v) is 3.63. The zero-order valence-electron chi connectivity index (χ0n) is 9.66. The van der Waals surface area contributed by atoms with Gasteiger partial charge in [-0.2, -0.15) is 0 Å². The van der Waals surface area contributed by atoms with Crippen molar-refractivity contribution in [3.05, 3.63) is 23.8 Å². The van der Waals surface area contributed by atoms with Gasteiger partial charge in [0.25, 0.3) is 0 Å². The van der Waals surface area contributed by atoms with Gasteiger partial charge in [0.15, 0.2) is 0 Å². The summed E-state index contributed by atoms with van der Waals surface area (Å²) >= 11 is 0. The van der Waals surface area contributed by atoms with Crippen molar-refractivity contribution in [2.75, 3.05) is 6.54 Å². The Bertz CT molecular complexity index is 610. The molecule has 1 rings (SSSR count). The molecule has 9 heteroatoms. The maximum Gasteiger partial charge on any atom is 0.339 e. The van der Waals surface area contributed by atoms with Crippen molar-refractivity contribution >= 4 is 21.9 Å². The molecule has 104 valence electrons. The van der Waals surface area contributed by atoms with Gasteiger partial charge in [0.1, 0.15) is 11.3 Å². The monoisotopic (exact) mass is 288 g/mol. The fraction of sp³-hybridized carbons (Fsp3) is 0.200. The fourth-order valence-electron chi connectivity index (χ4n) is 1.25. The number of carbonyl (C=O) groups is 2. The number of carboxylic acid groups (broad SMARTS) is 1. The lowest BCUT2D eigenvalue weighted by Gasteiger charge is -2.07. The Morgan fingerprint density at radius 2 is 1.95 bits per heavy atom. The molecule has 0 atom stereocenters. The Kier molecular flexibility index (Phi) is 4.46. The maximum absolute atomic E-state index is 11.8. The molecule has 19 heavy (non-hydrogen) atoms. The number of rotatable bonds is 6. The highest BCUT2D eigenvalue weighted by Crippen LogP contribution is 2.21. The van der Waals surface area contributed by atoms with Crippen LogP contribution in [0.25, 0.3) is 0 Å². The van der Waals surface area contributed by atoms with Crippen molar-refractivity contribution in [2.45, 2.75) is 11.3 Å². The molecule has 0 aliphatic heterocycles. The first kappa shape index (κ1) is 14.9. The predicted octanol–water partition coefficient (Wildman–Crippen LogP) is -0.756. The molecule has 0 bridgehead atoms. The second-order valence-electron chi connectivity index (χ2n) is 3.60. The van der Waals surface area contributed by atoms with Gasteiger partial charge in [-0.05, 0) is 18.2 Å². The molecule has 1 amide bonds. The van der Waals surface area contributed by atoms with Crippen LogP contribution in [0.2, 0.25) is 0 Å². The predicted molar refractivity (Wildman–Crippen MR) is 64.1 cm³/mol. The molecule has 0 spiro atoms. The summed E-state index contributed by atoms with van der Waals surface area (Å²) in [6.07, 6.45) is -0.177. The number of nitrogens with one attached hydrogen (secondary N) is 1. The molecular formula is C10H12N2O6S. The fourth-order valence-corrected chi connectivity index (χ4v) is 2.30. The van der Waals surface area contributed by atoms with E-state index in [1.54, 1.807) is 0 Å². The van der Waals surface area contributed by atoms with Gasteiger partial charge in [0.2, 0.25) is 15.9 Å². The molecule has 0 saturated heterocycles. The van der Waals surface area contributed by atoms with Crippen molar-refractivity contribution in [3.63, 3.8) is 0 Å². The lowest BCUT2D eigenvalue weighted by molar-refractivity contribution is -0.117. The number of carboxylic acids is 1. The average Bonchev–Trinajstić information content (AvgIpc) is 2.27. The minimum atomic E-state index is -3.96. The summed E-state index contributed by atoms with van der Waals surface area (Å²) in [6, 6.07) is 2.84. The first-order valence-corrected chi connectivity index (χ1v) is 6.56. The van der Waals surface area contributed by atoms with Gasteiger partial charge < -0.3 is 15.9 Å². The Labute approximate surface area is 108 Å². The quantitative estimate of drug-likeness (QED) is 0.541. The van der Waals surface area contributed by atoms with Crippen LogP contribution in [0, 0.1) is 0 Å². The van der Waals surface area contributed by atoms with Gasteiger partial charge in [-0.15, -0.1) is 0 Å². The highest BCUT2D eigenvalue weighted by molar-refractivity contribution is 7.89. The van der Waals surface area contributed by atoms with Crippen LogP contribution in [-0.2, 0) is 14.8 Å². The zero-order valence-corrected chi connectivity index (χ0v) is 10.5. The van der Waals surface area contributed by atoms with E-state index in [9.17, 15) is 23.1 Å². The number of amides is 1. The minimum Gasteiger partial charge on any atom is -0.507 e. The summed E-state index contributed by atoms with van der Waals surface area (Å²) in [4.78, 5) is 20.9. The van der Waals surface area contributed by atoms with E-state index in [2.05, 4.69) is 4.72 Å². The van der Waals surface area contributed by atoms with Crippen LogP contribution in [0.15, 0.2) is 23.1 Å². The van der Waals surface area contributed by atoms with Gasteiger partial charge in [-0.3, -0.25) is 4.79 Å². The molecule has 0 aromatic heterocycles. The van der Waals surface area contributed by atoms with Crippen LogP contribution in [0.5, 0.6) is 5.75 Å². The van der Waals surface area contributed by atoms with E-state index in [1.807, 2.05) is 0 Å². The summed E-state index contributed by atoms with van der Waals surface area (Å²) in [5, 5.41) is 18.0. The SMILES string of the molecule is NC(=O)CCNS(=O)(=O)c1ccc(O)c(C(=O)O)c1. The van der Waals surface area contributed by atoms with Gasteiger partial charge in [-0.1, -0.05) is 0 Å². The Morgan fingerprint density at radius 1 is 1.32 bits per heavy atom. The third-order valence-electron chi connectivity index (χ3n) is 2.17. The minimum absolute atomic E-state index is 0.177. The van der Waals surface area contributed by atoms with Crippen LogP contribution in [0.1, 0.15) is 16.8 Å². The van der Waals surface area contributed by atoms with Crippen LogP contribution in [0.3, 0.4) is 0 Å². The molecule has 0 radical (unpaired) electrons. The molecule has 0 heterocycles. The van der Waals surface area contributed by atoms with Crippen molar-refractivity contribution in [1.82, 2.24) is 4.72 Å². The highest BCUT2D eigenvalue weighted by atomic mass is 32.2. The number of benzene rings is 1. The van der Waals surface area contributed by atoms with E-state index >= 15 is 0 Å². The van der Waals surface area contributed by atoms with Gasteiger partial charge in [0.05, 0.1) is 4.90 Å². The topological polar surface area (TPSA) is 147 Å². The first-order chi connectivity index (χ1) is 8.74. The summed E-state index contributed by atoms with van der Waals surface area (Å²) in [7, 11) is -3.96. The lowest BCUT2D eigenvalue weighted by Crippen LogP contribution is -2.28. The maximum atomic E-state index is 11.8. The number of nitrogens with two attached hydrogens (primary N) is 1. The Balaban J connectivity index is 2.99. The highest BCUT2D eigenvalue weighted by Gasteiger charge is 2.18. The van der Waals surface area contributed by atoms with E-state index in [1.165, 1.54) is 0 Å². The summed E-state index contributed by atoms with van der Waals surface area (Å²) in [5.41, 5.74) is 4.33. The summed E-state index contributed by atoms with van der Waals surface area (Å²) in [5.74, 6) is -2.66. The van der Waals surface area contributed by atoms with Gasteiger partial charge >= 0.3 is 5.97 Å². The average molecular weight is 288 g/mol. The van der Waals surface area contributed by atoms with Gasteiger partial charge in [-0.25, -0.2) is 17.9 Å². The van der Waals surface area contributed by atoms with Crippen molar-refractivity contribution in [2.24, 2.45) is 5.73 Å². The molecule has 5 N–H and O–H groups in total. The molecular weight excluding hydrogens is 276 g/mol. The zero-order chi connectivity index (χ0) is 14.6. The number of hydrogen-bond donors (Lipinski definition) is 4. The number of aromatic carboxylic acids is 1. The second-order valence-corrected chi connectivity index (χ2v) is 5.37. The number of sulfonamides is 1. The van der Waals surface area contributed by atoms with E-state index in [-0.39, 0.29) is 17.9 Å². The van der Waals surface area contributed by atoms with Gasteiger partial charge in [0, 0.05) is 13.0 Å². The lowest BCUT2D eigenvalue weighted by atomic mass is 10.2. The van der Waals surface area contributed by atoms with Crippen LogP contribution < -0.4 is 10.5 Å². The molecule has 8 nitrogen and oxygen atoms in total. The van der Waals surface area contributed by atoms with Crippen molar-refractivity contribution in [3.8, 4) is 5.75 Å². The van der Waals surface area contributed by atoms with Crippen molar-refractivity contribution in [1.29, 1.82) is 0 Å². The number of hydrogen-bond acceptors (Lipinski definition) is 5.